The maximum atomic E-state index is 10.1. The molecule has 0 saturated heterocycles. The molecule has 0 aliphatic carbocycles. The average Bonchev–Trinajstić information content (AvgIpc) is 2.08. The minimum Gasteiger partial charge on any atom is -0.506 e. The minimum absolute atomic E-state index is 0.195. The van der Waals surface area contributed by atoms with Gasteiger partial charge in [0.2, 0.25) is 0 Å². The fourth-order valence-electron chi connectivity index (χ4n) is 0.818. The summed E-state index contributed by atoms with van der Waals surface area (Å²) in [5.41, 5.74) is 0. The summed E-state index contributed by atoms with van der Waals surface area (Å²) in [5, 5.41) is 35.5. The lowest BCUT2D eigenvalue weighted by Crippen LogP contribution is -2.41. The van der Waals surface area contributed by atoms with E-state index in [4.69, 9.17) is 20.4 Å². The van der Waals surface area contributed by atoms with E-state index < -0.39 is 30.0 Å². The molecule has 1 aliphatic rings. The summed E-state index contributed by atoms with van der Waals surface area (Å²) >= 11 is 0. The molecule has 0 aromatic rings. The summed E-state index contributed by atoms with van der Waals surface area (Å²) in [6.45, 7) is 0. The molecule has 0 saturated carbocycles. The van der Waals surface area contributed by atoms with Crippen LogP contribution >= 0.6 is 0 Å². The number of carbonyl (C=O) groups excluding carboxylic acids is 1. The topological polar surface area (TPSA) is 107 Å². The summed E-state index contributed by atoms with van der Waals surface area (Å²) in [6.07, 6.45) is -4.62. The van der Waals surface area contributed by atoms with Gasteiger partial charge >= 0.3 is 0 Å². The number of aliphatic hydroxyl groups is 4. The molecule has 0 aromatic carbocycles. The van der Waals surface area contributed by atoms with Crippen LogP contribution in [-0.2, 0) is 9.53 Å². The van der Waals surface area contributed by atoms with Crippen LogP contribution in [0.5, 0.6) is 0 Å². The fraction of sp³-hybridized carbons (Fsp3) is 0.500. The Hall–Kier alpha value is -1.11. The van der Waals surface area contributed by atoms with Crippen molar-refractivity contribution >= 4 is 6.29 Å². The first-order chi connectivity index (χ1) is 5.57. The summed E-state index contributed by atoms with van der Waals surface area (Å²) in [6, 6.07) is 0. The predicted octanol–water partition coefficient (Wildman–Crippen LogP) is -1.41. The Morgan fingerprint density at radius 2 is 1.83 bits per heavy atom. The van der Waals surface area contributed by atoms with Crippen molar-refractivity contribution in [1.82, 2.24) is 0 Å². The third kappa shape index (κ3) is 1.27. The van der Waals surface area contributed by atoms with Crippen LogP contribution in [0.15, 0.2) is 11.5 Å². The molecule has 6 heteroatoms. The molecule has 68 valence electrons. The Bertz CT molecular complexity index is 222. The molecular weight excluding hydrogens is 168 g/mol. The minimum atomic E-state index is -1.71. The lowest BCUT2D eigenvalue weighted by atomic mass is 10.1. The van der Waals surface area contributed by atoms with Crippen molar-refractivity contribution in [3.8, 4) is 0 Å². The number of hydrogen-bond donors (Lipinski definition) is 4. The molecule has 1 unspecified atom stereocenters. The Kier molecular flexibility index (Phi) is 2.32. The normalized spacial score (nSPS) is 36.7. The first-order valence-electron chi connectivity index (χ1n) is 3.16. The van der Waals surface area contributed by atoms with E-state index >= 15 is 0 Å². The Balaban J connectivity index is 2.94. The van der Waals surface area contributed by atoms with E-state index in [1.165, 1.54) is 0 Å². The van der Waals surface area contributed by atoms with Gasteiger partial charge in [-0.25, -0.2) is 0 Å². The Morgan fingerprint density at radius 1 is 1.25 bits per heavy atom. The molecule has 0 fully saturated rings. The first-order valence-corrected chi connectivity index (χ1v) is 3.16. The van der Waals surface area contributed by atoms with Crippen molar-refractivity contribution in [2.24, 2.45) is 0 Å². The highest BCUT2D eigenvalue weighted by atomic mass is 16.6. The zero-order chi connectivity index (χ0) is 9.30. The zero-order valence-corrected chi connectivity index (χ0v) is 5.91. The van der Waals surface area contributed by atoms with Crippen LogP contribution in [0.4, 0.5) is 0 Å². The number of hydrogen-bond acceptors (Lipinski definition) is 6. The molecule has 0 radical (unpaired) electrons. The molecular formula is C6H8O6. The van der Waals surface area contributed by atoms with Crippen LogP contribution < -0.4 is 0 Å². The largest absolute Gasteiger partial charge is 0.506 e. The second-order valence-electron chi connectivity index (χ2n) is 2.30. The molecule has 4 N–H and O–H groups in total. The number of aliphatic hydroxyl groups excluding tert-OH is 4. The highest BCUT2D eigenvalue weighted by Gasteiger charge is 2.35. The monoisotopic (exact) mass is 176 g/mol. The summed E-state index contributed by atoms with van der Waals surface area (Å²) < 4.78 is 4.40. The second kappa shape index (κ2) is 3.10. The number of ether oxygens (including phenoxy) is 1. The standard InChI is InChI=1S/C6H8O6/c7-1-2-3(8)4(9)5(10)6(11)12-2/h1-2,5-6,8-11H/t2-,5-,6?/m1/s1. The smallest absolute Gasteiger partial charge is 0.189 e. The van der Waals surface area contributed by atoms with Crippen molar-refractivity contribution < 1.29 is 30.0 Å². The van der Waals surface area contributed by atoms with E-state index in [9.17, 15) is 4.79 Å². The van der Waals surface area contributed by atoms with Crippen LogP contribution in [0.3, 0.4) is 0 Å². The van der Waals surface area contributed by atoms with Crippen LogP contribution in [-0.4, -0.2) is 45.2 Å². The zero-order valence-electron chi connectivity index (χ0n) is 5.91. The first kappa shape index (κ1) is 8.98. The number of rotatable bonds is 1. The summed E-state index contributed by atoms with van der Waals surface area (Å²) in [5.74, 6) is -1.62. The molecule has 6 nitrogen and oxygen atoms in total. The van der Waals surface area contributed by atoms with Crippen LogP contribution in [0.1, 0.15) is 0 Å². The highest BCUT2D eigenvalue weighted by Crippen LogP contribution is 2.20. The van der Waals surface area contributed by atoms with Gasteiger partial charge in [-0.1, -0.05) is 0 Å². The van der Waals surface area contributed by atoms with Gasteiger partial charge in [0.05, 0.1) is 0 Å². The third-order valence-corrected chi connectivity index (χ3v) is 1.49. The van der Waals surface area contributed by atoms with Gasteiger partial charge in [0.1, 0.15) is 0 Å². The van der Waals surface area contributed by atoms with Gasteiger partial charge in [-0.2, -0.15) is 0 Å². The number of carbonyl (C=O) groups is 1. The molecule has 1 heterocycles. The van der Waals surface area contributed by atoms with Crippen molar-refractivity contribution in [3.63, 3.8) is 0 Å². The maximum Gasteiger partial charge on any atom is 0.189 e. The van der Waals surface area contributed by atoms with Gasteiger partial charge in [-0.15, -0.1) is 0 Å². The van der Waals surface area contributed by atoms with Crippen molar-refractivity contribution in [2.45, 2.75) is 18.5 Å². The fourth-order valence-corrected chi connectivity index (χ4v) is 0.818. The van der Waals surface area contributed by atoms with E-state index in [1.807, 2.05) is 0 Å². The van der Waals surface area contributed by atoms with Gasteiger partial charge in [-0.3, -0.25) is 4.79 Å². The van der Waals surface area contributed by atoms with Crippen LogP contribution in [0.2, 0.25) is 0 Å². The third-order valence-electron chi connectivity index (χ3n) is 1.49. The van der Waals surface area contributed by atoms with Crippen LogP contribution in [0.25, 0.3) is 0 Å². The van der Waals surface area contributed by atoms with Crippen LogP contribution in [0, 0.1) is 0 Å². The highest BCUT2D eigenvalue weighted by molar-refractivity contribution is 5.61. The van der Waals surface area contributed by atoms with Gasteiger partial charge < -0.3 is 25.2 Å². The molecule has 3 atom stereocenters. The SMILES string of the molecule is O=C[C@H]1OC(O)[C@H](O)C(O)=C1O. The van der Waals surface area contributed by atoms with Crippen molar-refractivity contribution in [2.75, 3.05) is 0 Å². The summed E-state index contributed by atoms with van der Waals surface area (Å²) in [4.78, 5) is 10.1. The average molecular weight is 176 g/mol. The molecule has 1 rings (SSSR count). The van der Waals surface area contributed by atoms with E-state index in [0.29, 0.717) is 0 Å². The molecule has 0 bridgehead atoms. The molecule has 0 amide bonds. The predicted molar refractivity (Wildman–Crippen MR) is 35.2 cm³/mol. The number of aldehydes is 1. The molecule has 0 aromatic heterocycles. The molecule has 0 spiro atoms. The van der Waals surface area contributed by atoms with E-state index in [2.05, 4.69) is 4.74 Å². The second-order valence-corrected chi connectivity index (χ2v) is 2.30. The Morgan fingerprint density at radius 3 is 2.33 bits per heavy atom. The molecule has 1 aliphatic heterocycles. The maximum absolute atomic E-state index is 10.1. The van der Waals surface area contributed by atoms with Gasteiger partial charge in [0, 0.05) is 0 Å². The van der Waals surface area contributed by atoms with E-state index in [0.717, 1.165) is 0 Å². The van der Waals surface area contributed by atoms with Crippen molar-refractivity contribution in [3.05, 3.63) is 11.5 Å². The quantitative estimate of drug-likeness (QED) is 0.366. The molecule has 12 heavy (non-hydrogen) atoms. The van der Waals surface area contributed by atoms with E-state index in [1.54, 1.807) is 0 Å². The van der Waals surface area contributed by atoms with Gasteiger partial charge in [-0.05, 0) is 0 Å². The van der Waals surface area contributed by atoms with Crippen molar-refractivity contribution in [1.29, 1.82) is 0 Å². The lowest BCUT2D eigenvalue weighted by Gasteiger charge is -2.26. The Labute approximate surface area is 67.3 Å². The van der Waals surface area contributed by atoms with E-state index in [-0.39, 0.29) is 6.29 Å². The summed E-state index contributed by atoms with van der Waals surface area (Å²) in [7, 11) is 0. The lowest BCUT2D eigenvalue weighted by molar-refractivity contribution is -0.195. The van der Waals surface area contributed by atoms with Gasteiger partial charge in [0.25, 0.3) is 0 Å². The van der Waals surface area contributed by atoms with Gasteiger partial charge in [0.15, 0.2) is 36.3 Å².